The van der Waals surface area contributed by atoms with Crippen molar-refractivity contribution in [2.75, 3.05) is 18.4 Å². The molecule has 38 heavy (non-hydrogen) atoms. The van der Waals surface area contributed by atoms with Gasteiger partial charge in [-0.1, -0.05) is 45.8 Å². The summed E-state index contributed by atoms with van der Waals surface area (Å²) >= 11 is 3.30. The molecule has 2 heterocycles. The van der Waals surface area contributed by atoms with Gasteiger partial charge in [0.2, 0.25) is 9.84 Å². The Labute approximate surface area is 228 Å². The molecule has 5 rings (SSSR count). The molecule has 0 aliphatic carbocycles. The first-order valence-electron chi connectivity index (χ1n) is 11.5. The number of methoxy groups -OCH3 is 1. The average molecular weight is 616 g/mol. The molecule has 1 N–H and O–H groups in total. The lowest BCUT2D eigenvalue weighted by molar-refractivity contribution is 0.188. The molecule has 0 aliphatic heterocycles. The number of nitrogens with zero attached hydrogens (tertiary/aromatic N) is 3. The number of aryl methyl sites for hydroxylation is 1. The molecule has 3 aromatic carbocycles. The second-order valence-corrected chi connectivity index (χ2v) is 13.1. The Balaban J connectivity index is 1.84. The van der Waals surface area contributed by atoms with Crippen LogP contribution in [0.25, 0.3) is 22.2 Å². The Hall–Kier alpha value is -3.32. The summed E-state index contributed by atoms with van der Waals surface area (Å²) in [6.07, 6.45) is 0. The van der Waals surface area contributed by atoms with Gasteiger partial charge in [-0.05, 0) is 55.5 Å². The normalized spacial score (nSPS) is 12.3. The van der Waals surface area contributed by atoms with Crippen LogP contribution in [0.15, 0.2) is 92.0 Å². The van der Waals surface area contributed by atoms with Crippen LogP contribution in [0.4, 0.5) is 5.82 Å². The van der Waals surface area contributed by atoms with Crippen molar-refractivity contribution in [1.82, 2.24) is 14.5 Å². The van der Waals surface area contributed by atoms with Gasteiger partial charge in [0.1, 0.15) is 16.2 Å². The van der Waals surface area contributed by atoms with Crippen molar-refractivity contribution in [2.45, 2.75) is 28.2 Å². The van der Waals surface area contributed by atoms with Crippen molar-refractivity contribution >= 4 is 63.8 Å². The first kappa shape index (κ1) is 26.3. The molecule has 2 aromatic heterocycles. The van der Waals surface area contributed by atoms with Gasteiger partial charge in [-0.3, -0.25) is 4.72 Å². The first-order valence-corrected chi connectivity index (χ1v) is 15.3. The number of fused-ring (bicyclic) bond motifs is 2. The van der Waals surface area contributed by atoms with E-state index in [4.69, 9.17) is 4.74 Å². The van der Waals surface area contributed by atoms with E-state index >= 15 is 0 Å². The van der Waals surface area contributed by atoms with E-state index in [0.29, 0.717) is 15.5 Å². The predicted octanol–water partition coefficient (Wildman–Crippen LogP) is 4.94. The van der Waals surface area contributed by atoms with E-state index in [1.165, 1.54) is 35.9 Å². The fraction of sp³-hybridized carbons (Fsp3) is 0.154. The Morgan fingerprint density at radius 2 is 1.47 bits per heavy atom. The summed E-state index contributed by atoms with van der Waals surface area (Å²) in [6.45, 7) is 2.15. The highest BCUT2D eigenvalue weighted by Gasteiger charge is 2.33. The number of hydrogen-bond donors (Lipinski definition) is 1. The van der Waals surface area contributed by atoms with E-state index in [0.717, 1.165) is 5.56 Å². The molecule has 0 spiro atoms. The molecular weight excluding hydrogens is 592 g/mol. The molecule has 0 unspecified atom stereocenters. The fourth-order valence-corrected chi connectivity index (χ4v) is 7.01. The molecule has 0 bridgehead atoms. The maximum absolute atomic E-state index is 14.1. The summed E-state index contributed by atoms with van der Waals surface area (Å²) in [5.41, 5.74) is 2.19. The molecule has 0 atom stereocenters. The zero-order valence-electron chi connectivity index (χ0n) is 20.4. The minimum Gasteiger partial charge on any atom is -0.383 e. The molecule has 5 aromatic rings. The number of para-hydroxylation sites is 2. The number of halogens is 1. The SMILES string of the molecule is COCCn1c(NS(=O)(=O)c2ccc(Br)cc2)c(S(=O)(=O)c2ccc(C)cc2)c2nc3ccccc3nc21. The van der Waals surface area contributed by atoms with Gasteiger partial charge >= 0.3 is 0 Å². The van der Waals surface area contributed by atoms with Crippen molar-refractivity contribution < 1.29 is 21.6 Å². The summed E-state index contributed by atoms with van der Waals surface area (Å²) in [6, 6.07) is 19.4. The van der Waals surface area contributed by atoms with Crippen LogP contribution in [-0.2, 0) is 31.1 Å². The smallest absolute Gasteiger partial charge is 0.263 e. The first-order chi connectivity index (χ1) is 18.1. The third-order valence-electron chi connectivity index (χ3n) is 5.98. The summed E-state index contributed by atoms with van der Waals surface area (Å²) < 4.78 is 65.2. The van der Waals surface area contributed by atoms with Gasteiger partial charge in [0.15, 0.2) is 5.65 Å². The van der Waals surface area contributed by atoms with Crippen molar-refractivity contribution in [3.05, 3.63) is 82.8 Å². The van der Waals surface area contributed by atoms with Gasteiger partial charge < -0.3 is 9.30 Å². The second kappa shape index (κ2) is 10.1. The highest BCUT2D eigenvalue weighted by Crippen LogP contribution is 2.38. The lowest BCUT2D eigenvalue weighted by Crippen LogP contribution is -2.19. The maximum Gasteiger partial charge on any atom is 0.263 e. The van der Waals surface area contributed by atoms with Crippen LogP contribution in [0.2, 0.25) is 0 Å². The van der Waals surface area contributed by atoms with Crippen LogP contribution in [0, 0.1) is 6.92 Å². The number of benzene rings is 3. The van der Waals surface area contributed by atoms with Crippen LogP contribution in [-0.4, -0.2) is 45.1 Å². The molecule has 196 valence electrons. The molecular formula is C26H23BrN4O5S2. The summed E-state index contributed by atoms with van der Waals surface area (Å²) in [4.78, 5) is 9.04. The lowest BCUT2D eigenvalue weighted by atomic mass is 10.2. The summed E-state index contributed by atoms with van der Waals surface area (Å²) in [7, 11) is -6.94. The van der Waals surface area contributed by atoms with Crippen LogP contribution >= 0.6 is 15.9 Å². The number of nitrogens with one attached hydrogen (secondary N) is 1. The van der Waals surface area contributed by atoms with Gasteiger partial charge in [-0.2, -0.15) is 0 Å². The lowest BCUT2D eigenvalue weighted by Gasteiger charge is -2.14. The molecule has 0 radical (unpaired) electrons. The largest absolute Gasteiger partial charge is 0.383 e. The Bertz CT molecular complexity index is 1870. The molecule has 0 fully saturated rings. The minimum absolute atomic E-state index is 0.00735. The number of rotatable bonds is 8. The van der Waals surface area contributed by atoms with E-state index in [1.807, 2.05) is 6.92 Å². The second-order valence-electron chi connectivity index (χ2n) is 8.58. The van der Waals surface area contributed by atoms with Crippen molar-refractivity contribution in [3.8, 4) is 0 Å². The number of ether oxygens (including phenoxy) is 1. The minimum atomic E-state index is -4.25. The Kier molecular flexibility index (Phi) is 6.99. The zero-order chi connectivity index (χ0) is 27.1. The molecule has 0 aliphatic rings. The highest BCUT2D eigenvalue weighted by molar-refractivity contribution is 9.10. The monoisotopic (exact) mass is 614 g/mol. The van der Waals surface area contributed by atoms with Crippen molar-refractivity contribution in [2.24, 2.45) is 0 Å². The Morgan fingerprint density at radius 3 is 2.11 bits per heavy atom. The van der Waals surface area contributed by atoms with Gasteiger partial charge in [-0.25, -0.2) is 26.8 Å². The van der Waals surface area contributed by atoms with Gasteiger partial charge in [-0.15, -0.1) is 0 Å². The van der Waals surface area contributed by atoms with Crippen LogP contribution in [0.1, 0.15) is 5.56 Å². The van der Waals surface area contributed by atoms with Gasteiger partial charge in [0.05, 0.1) is 27.4 Å². The third-order valence-corrected chi connectivity index (χ3v) is 9.68. The molecule has 9 nitrogen and oxygen atoms in total. The van der Waals surface area contributed by atoms with E-state index in [2.05, 4.69) is 30.6 Å². The van der Waals surface area contributed by atoms with E-state index in [-0.39, 0.29) is 44.8 Å². The predicted molar refractivity (Wildman–Crippen MR) is 148 cm³/mol. The standard InChI is InChI=1S/C26H23BrN4O5S2/c1-17-7-11-19(12-8-17)37(32,33)24-23-25(29-22-6-4-3-5-21(22)28-23)31(15-16-36-2)26(24)30-38(34,35)20-13-9-18(27)10-14-20/h3-14,30H,15-16H2,1-2H3. The van der Waals surface area contributed by atoms with Crippen LogP contribution in [0.3, 0.4) is 0 Å². The van der Waals surface area contributed by atoms with Gasteiger partial charge in [0, 0.05) is 18.1 Å². The number of sulfonamides is 1. The number of aromatic nitrogens is 3. The molecule has 12 heteroatoms. The third kappa shape index (κ3) is 4.80. The molecule has 0 amide bonds. The molecule has 0 saturated carbocycles. The van der Waals surface area contributed by atoms with E-state index in [9.17, 15) is 16.8 Å². The quantitative estimate of drug-likeness (QED) is 0.263. The zero-order valence-corrected chi connectivity index (χ0v) is 23.6. The van der Waals surface area contributed by atoms with Crippen LogP contribution < -0.4 is 4.72 Å². The Morgan fingerprint density at radius 1 is 0.868 bits per heavy atom. The number of anilines is 1. The summed E-state index contributed by atoms with van der Waals surface area (Å²) in [5.74, 6) is -0.157. The fourth-order valence-electron chi connectivity index (χ4n) is 4.06. The van der Waals surface area contributed by atoms with Crippen molar-refractivity contribution in [3.63, 3.8) is 0 Å². The van der Waals surface area contributed by atoms with Gasteiger partial charge in [0.25, 0.3) is 10.0 Å². The number of hydrogen-bond acceptors (Lipinski definition) is 7. The van der Waals surface area contributed by atoms with E-state index < -0.39 is 19.9 Å². The van der Waals surface area contributed by atoms with Crippen molar-refractivity contribution in [1.29, 1.82) is 0 Å². The number of sulfone groups is 1. The highest BCUT2D eigenvalue weighted by atomic mass is 79.9. The van der Waals surface area contributed by atoms with Crippen LogP contribution in [0.5, 0.6) is 0 Å². The average Bonchev–Trinajstić information content (AvgIpc) is 3.18. The molecule has 0 saturated heterocycles. The maximum atomic E-state index is 14.1. The topological polar surface area (TPSA) is 120 Å². The summed E-state index contributed by atoms with van der Waals surface area (Å²) in [5, 5.41) is 0. The van der Waals surface area contributed by atoms with E-state index in [1.54, 1.807) is 48.5 Å².